The minimum Gasteiger partial charge on any atom is -0.407 e. The summed E-state index contributed by atoms with van der Waals surface area (Å²) in [6.45, 7) is 14.0. The molecule has 0 spiro atoms. The molecule has 0 unspecified atom stereocenters. The first kappa shape index (κ1) is 31.8. The molecule has 0 aromatic heterocycles. The summed E-state index contributed by atoms with van der Waals surface area (Å²) in [5.74, 6) is 1.12. The van der Waals surface area contributed by atoms with Crippen LogP contribution in [0.5, 0.6) is 0 Å². The van der Waals surface area contributed by atoms with Gasteiger partial charge in [0.25, 0.3) is 8.32 Å². The van der Waals surface area contributed by atoms with Gasteiger partial charge >= 0.3 is 0 Å². The van der Waals surface area contributed by atoms with Gasteiger partial charge in [-0.25, -0.2) is 8.93 Å². The summed E-state index contributed by atoms with van der Waals surface area (Å²) in [4.78, 5) is 0. The van der Waals surface area contributed by atoms with Crippen molar-refractivity contribution in [2.75, 3.05) is 6.61 Å². The predicted molar refractivity (Wildman–Crippen MR) is 187 cm³/mol. The largest absolute Gasteiger partial charge is 0.407 e. The molecular weight excluding hydrogens is 563 g/mol. The van der Waals surface area contributed by atoms with Crippen LogP contribution in [0, 0.1) is 11.8 Å². The Bertz CT molecular complexity index is 1470. The third-order valence-corrected chi connectivity index (χ3v) is 15.7. The Morgan fingerprint density at radius 1 is 0.791 bits per heavy atom. The summed E-state index contributed by atoms with van der Waals surface area (Å²) in [5.41, 5.74) is 1.34. The van der Waals surface area contributed by atoms with Gasteiger partial charge in [0.2, 0.25) is 0 Å². The first-order valence-corrected chi connectivity index (χ1v) is 18.9. The second-order valence-electron chi connectivity index (χ2n) is 14.4. The van der Waals surface area contributed by atoms with Gasteiger partial charge in [0.1, 0.15) is 0 Å². The fourth-order valence-corrected chi connectivity index (χ4v) is 11.9. The van der Waals surface area contributed by atoms with E-state index < -0.39 is 19.3 Å². The maximum Gasteiger partial charge on any atom is 0.261 e. The van der Waals surface area contributed by atoms with Gasteiger partial charge < -0.3 is 4.43 Å². The Kier molecular flexibility index (Phi) is 9.77. The van der Waals surface area contributed by atoms with E-state index in [1.54, 1.807) is 0 Å². The van der Waals surface area contributed by atoms with E-state index in [0.29, 0.717) is 11.8 Å². The van der Waals surface area contributed by atoms with E-state index in [9.17, 15) is 4.21 Å². The summed E-state index contributed by atoms with van der Waals surface area (Å²) in [5, 5.41) is 5.21. The van der Waals surface area contributed by atoms with Crippen LogP contribution in [0.1, 0.15) is 66.4 Å². The molecule has 3 nitrogen and oxygen atoms in total. The fraction of sp³-hybridized carbons (Fsp3) is 0.421. The molecule has 4 aromatic carbocycles. The highest BCUT2D eigenvalue weighted by Gasteiger charge is 2.51. The Labute approximate surface area is 263 Å². The van der Waals surface area contributed by atoms with E-state index in [-0.39, 0.29) is 15.8 Å². The van der Waals surface area contributed by atoms with E-state index in [1.807, 2.05) is 20.8 Å². The minimum absolute atomic E-state index is 0.0202. The Morgan fingerprint density at radius 2 is 1.37 bits per heavy atom. The zero-order valence-corrected chi connectivity index (χ0v) is 28.6. The zero-order chi connectivity index (χ0) is 30.7. The molecule has 1 fully saturated rings. The van der Waals surface area contributed by atoms with Gasteiger partial charge in [-0.2, -0.15) is 0 Å². The van der Waals surface area contributed by atoms with Crippen LogP contribution >= 0.6 is 0 Å². The number of hydrogen-bond acceptors (Lipinski definition) is 2. The highest BCUT2D eigenvalue weighted by Crippen LogP contribution is 2.45. The predicted octanol–water partition coefficient (Wildman–Crippen LogP) is 7.80. The van der Waals surface area contributed by atoms with Crippen molar-refractivity contribution in [1.82, 2.24) is 4.72 Å². The second-order valence-corrected chi connectivity index (χ2v) is 20.7. The van der Waals surface area contributed by atoms with Crippen LogP contribution in [0.4, 0.5) is 0 Å². The zero-order valence-electron chi connectivity index (χ0n) is 26.8. The van der Waals surface area contributed by atoms with Gasteiger partial charge in [0, 0.05) is 12.6 Å². The maximum absolute atomic E-state index is 13.2. The quantitative estimate of drug-likeness (QED) is 0.166. The van der Waals surface area contributed by atoms with Crippen LogP contribution in [0.2, 0.25) is 5.04 Å². The summed E-state index contributed by atoms with van der Waals surface area (Å²) >= 11 is 0. The van der Waals surface area contributed by atoms with Crippen LogP contribution in [0.25, 0.3) is 10.8 Å². The molecule has 228 valence electrons. The highest BCUT2D eigenvalue weighted by molar-refractivity contribution is 7.84. The van der Waals surface area contributed by atoms with Crippen LogP contribution in [0.15, 0.2) is 103 Å². The summed E-state index contributed by atoms with van der Waals surface area (Å²) in [6.07, 6.45) is 4.15. The Morgan fingerprint density at radius 3 is 1.95 bits per heavy atom. The summed E-state index contributed by atoms with van der Waals surface area (Å²) in [6, 6.07) is 37.4. The monoisotopic (exact) mass is 611 g/mol. The molecule has 0 aliphatic heterocycles. The van der Waals surface area contributed by atoms with Crippen molar-refractivity contribution in [3.8, 4) is 0 Å². The van der Waals surface area contributed by atoms with E-state index in [2.05, 4.69) is 129 Å². The lowest BCUT2D eigenvalue weighted by Gasteiger charge is -2.43. The summed E-state index contributed by atoms with van der Waals surface area (Å²) < 4.78 is 23.7. The molecule has 5 rings (SSSR count). The summed E-state index contributed by atoms with van der Waals surface area (Å²) in [7, 11) is -3.64. The third-order valence-electron chi connectivity index (χ3n) is 9.01. The Balaban J connectivity index is 1.30. The number of benzene rings is 4. The molecule has 1 N–H and O–H groups in total. The van der Waals surface area contributed by atoms with Gasteiger partial charge in [-0.3, -0.25) is 0 Å². The SMILES string of the molecule is CC(C)(C)[S@](=O)N[C@H](CCc1ccc2ccccc2c1)C[C@@H]1C[C@@H]1CO[Si](c1ccccc1)(c1ccccc1)C(C)(C)C. The number of nitrogens with one attached hydrogen (secondary N) is 1. The fourth-order valence-electron chi connectivity index (χ4n) is 6.45. The molecule has 1 saturated carbocycles. The van der Waals surface area contributed by atoms with E-state index >= 15 is 0 Å². The van der Waals surface area contributed by atoms with Crippen molar-refractivity contribution in [3.05, 3.63) is 109 Å². The average Bonchev–Trinajstić information content (AvgIpc) is 3.73. The molecule has 1 aliphatic rings. The van der Waals surface area contributed by atoms with Crippen LogP contribution in [0.3, 0.4) is 0 Å². The molecule has 0 amide bonds. The maximum atomic E-state index is 13.2. The minimum atomic E-state index is -2.54. The molecule has 43 heavy (non-hydrogen) atoms. The van der Waals surface area contributed by atoms with Gasteiger partial charge in [-0.1, -0.05) is 124 Å². The van der Waals surface area contributed by atoms with Crippen molar-refractivity contribution < 1.29 is 8.63 Å². The van der Waals surface area contributed by atoms with Crippen molar-refractivity contribution in [1.29, 1.82) is 0 Å². The van der Waals surface area contributed by atoms with E-state index in [4.69, 9.17) is 4.43 Å². The molecule has 0 radical (unpaired) electrons. The highest BCUT2D eigenvalue weighted by atomic mass is 32.2. The lowest BCUT2D eigenvalue weighted by Crippen LogP contribution is -2.66. The first-order chi connectivity index (χ1) is 20.5. The third kappa shape index (κ3) is 7.57. The van der Waals surface area contributed by atoms with Crippen molar-refractivity contribution in [2.45, 2.75) is 83.1 Å². The number of hydrogen-bond donors (Lipinski definition) is 1. The van der Waals surface area contributed by atoms with Crippen LogP contribution in [-0.2, 0) is 21.8 Å². The number of fused-ring (bicyclic) bond motifs is 1. The van der Waals surface area contributed by atoms with Gasteiger partial charge in [0.05, 0.1) is 15.7 Å². The smallest absolute Gasteiger partial charge is 0.261 e. The van der Waals surface area contributed by atoms with Crippen molar-refractivity contribution >= 4 is 40.4 Å². The second kappa shape index (κ2) is 13.2. The van der Waals surface area contributed by atoms with Crippen molar-refractivity contribution in [2.24, 2.45) is 11.8 Å². The molecule has 4 atom stereocenters. The van der Waals surface area contributed by atoms with Gasteiger partial charge in [0.15, 0.2) is 0 Å². The van der Waals surface area contributed by atoms with E-state index in [0.717, 1.165) is 25.9 Å². The van der Waals surface area contributed by atoms with Crippen molar-refractivity contribution in [3.63, 3.8) is 0 Å². The van der Waals surface area contributed by atoms with E-state index in [1.165, 1.54) is 33.1 Å². The molecule has 1 aliphatic carbocycles. The lowest BCUT2D eigenvalue weighted by molar-refractivity contribution is 0.270. The topological polar surface area (TPSA) is 38.3 Å². The lowest BCUT2D eigenvalue weighted by atomic mass is 9.99. The molecule has 4 aromatic rings. The van der Waals surface area contributed by atoms with Gasteiger partial charge in [-0.15, -0.1) is 0 Å². The molecule has 0 saturated heterocycles. The number of rotatable bonds is 12. The standard InChI is InChI=1S/C38H49NO2SSi/c1-37(2,3)42(40)39-34(24-22-29-21-23-30-15-13-14-16-31(30)25-29)27-32-26-33(32)28-41-43(38(4,5)6,35-17-9-7-10-18-35)36-19-11-8-12-20-36/h7-21,23,25,32-34,39H,22,24,26-28H2,1-6H3/t32-,33+,34+,42-/m0/s1. The molecular formula is C38H49NO2SSi. The average molecular weight is 612 g/mol. The van der Waals surface area contributed by atoms with Gasteiger partial charge in [-0.05, 0) is 90.0 Å². The molecule has 0 bridgehead atoms. The molecule has 0 heterocycles. The first-order valence-electron chi connectivity index (χ1n) is 15.9. The normalized spacial score (nSPS) is 18.8. The van der Waals surface area contributed by atoms with Crippen LogP contribution in [-0.4, -0.2) is 29.9 Å². The number of aryl methyl sites for hydroxylation is 1. The molecule has 5 heteroatoms. The Hall–Kier alpha value is -2.57. The van der Waals surface area contributed by atoms with Crippen LogP contribution < -0.4 is 15.1 Å².